The lowest BCUT2D eigenvalue weighted by Crippen LogP contribution is -2.10. The molecule has 0 aliphatic rings. The van der Waals surface area contributed by atoms with Crippen molar-refractivity contribution >= 4 is 5.84 Å². The van der Waals surface area contributed by atoms with Gasteiger partial charge in [0.1, 0.15) is 5.84 Å². The predicted octanol–water partition coefficient (Wildman–Crippen LogP) is 1.92. The van der Waals surface area contributed by atoms with Gasteiger partial charge in [-0.05, 0) is 6.92 Å². The first-order chi connectivity index (χ1) is 4.70. The quantitative estimate of drug-likeness (QED) is 0.466. The van der Waals surface area contributed by atoms with Gasteiger partial charge in [-0.1, -0.05) is 37.3 Å². The van der Waals surface area contributed by atoms with Crippen LogP contribution in [0.3, 0.4) is 0 Å². The van der Waals surface area contributed by atoms with E-state index in [-0.39, 0.29) is 13.3 Å². The molecule has 0 saturated carbocycles. The van der Waals surface area contributed by atoms with Crippen molar-refractivity contribution in [2.75, 3.05) is 0 Å². The average molecular weight is 150 g/mol. The van der Waals surface area contributed by atoms with Gasteiger partial charge in [0.25, 0.3) is 0 Å². The zero-order valence-corrected chi connectivity index (χ0v) is 5.89. The molecule has 3 N–H and O–H groups in total. The minimum atomic E-state index is 0. The van der Waals surface area contributed by atoms with Crippen LogP contribution in [0.15, 0.2) is 24.3 Å². The van der Waals surface area contributed by atoms with E-state index in [9.17, 15) is 0 Å². The van der Waals surface area contributed by atoms with E-state index >= 15 is 0 Å². The molecular formula is C9H14N2. The lowest BCUT2D eigenvalue weighted by Gasteiger charge is -1.96. The number of nitrogen functional groups attached to an aromatic ring is 1. The fraction of sp³-hybridized carbons (Fsp3) is 0.222. The molecule has 0 aliphatic carbocycles. The molecule has 1 aromatic rings. The first kappa shape index (κ1) is 9.69. The lowest BCUT2D eigenvalue weighted by molar-refractivity contribution is 1.40. The molecular weight excluding hydrogens is 136 g/mol. The largest absolute Gasteiger partial charge is 0.384 e. The molecule has 0 saturated heterocycles. The van der Waals surface area contributed by atoms with Gasteiger partial charge in [0.05, 0.1) is 0 Å². The van der Waals surface area contributed by atoms with Crippen molar-refractivity contribution in [2.24, 2.45) is 5.73 Å². The summed E-state index contributed by atoms with van der Waals surface area (Å²) in [5, 5.41) is 7.08. The van der Waals surface area contributed by atoms with Crippen molar-refractivity contribution in [2.45, 2.75) is 14.4 Å². The second-order valence-corrected chi connectivity index (χ2v) is 2.28. The maximum absolute atomic E-state index is 7.08. The van der Waals surface area contributed by atoms with Gasteiger partial charge in [0.2, 0.25) is 0 Å². The SMILES string of the molecule is C.Cc1ccc(C(=N)N)cc1. The Morgan fingerprint density at radius 2 is 1.73 bits per heavy atom. The maximum Gasteiger partial charge on any atom is 0.122 e. The summed E-state index contributed by atoms with van der Waals surface area (Å²) in [6.07, 6.45) is 0. The normalized spacial score (nSPS) is 8.45. The molecule has 0 amide bonds. The summed E-state index contributed by atoms with van der Waals surface area (Å²) in [6, 6.07) is 7.57. The maximum atomic E-state index is 7.08. The van der Waals surface area contributed by atoms with Crippen molar-refractivity contribution in [1.29, 1.82) is 5.41 Å². The third-order valence-electron chi connectivity index (χ3n) is 1.36. The second-order valence-electron chi connectivity index (χ2n) is 2.28. The summed E-state index contributed by atoms with van der Waals surface area (Å²) in [7, 11) is 0. The highest BCUT2D eigenvalue weighted by Gasteiger charge is 1.92. The van der Waals surface area contributed by atoms with Gasteiger partial charge < -0.3 is 5.73 Å². The number of aryl methyl sites for hydroxylation is 1. The molecule has 11 heavy (non-hydrogen) atoms. The van der Waals surface area contributed by atoms with Crippen LogP contribution < -0.4 is 5.73 Å². The first-order valence-corrected chi connectivity index (χ1v) is 3.11. The number of benzene rings is 1. The highest BCUT2D eigenvalue weighted by Crippen LogP contribution is 2.00. The van der Waals surface area contributed by atoms with Gasteiger partial charge in [-0.3, -0.25) is 5.41 Å². The Morgan fingerprint density at radius 3 is 2.09 bits per heavy atom. The summed E-state index contributed by atoms with van der Waals surface area (Å²) >= 11 is 0. The third kappa shape index (κ3) is 2.42. The predicted molar refractivity (Wildman–Crippen MR) is 48.9 cm³/mol. The molecule has 60 valence electrons. The lowest BCUT2D eigenvalue weighted by atomic mass is 10.1. The van der Waals surface area contributed by atoms with E-state index in [0.29, 0.717) is 0 Å². The topological polar surface area (TPSA) is 49.9 Å². The Labute approximate surface area is 67.6 Å². The summed E-state index contributed by atoms with van der Waals surface area (Å²) in [4.78, 5) is 0. The Morgan fingerprint density at radius 1 is 1.27 bits per heavy atom. The number of hydrogen-bond donors (Lipinski definition) is 2. The fourth-order valence-corrected chi connectivity index (χ4v) is 0.733. The van der Waals surface area contributed by atoms with Crippen LogP contribution in [0.25, 0.3) is 0 Å². The van der Waals surface area contributed by atoms with Crippen LogP contribution in [0.4, 0.5) is 0 Å². The molecule has 1 aromatic carbocycles. The summed E-state index contributed by atoms with van der Waals surface area (Å²) in [5.74, 6) is 0.125. The average Bonchev–Trinajstić information content (AvgIpc) is 1.88. The molecule has 0 aliphatic heterocycles. The van der Waals surface area contributed by atoms with Crippen LogP contribution in [0.5, 0.6) is 0 Å². The van der Waals surface area contributed by atoms with Crippen molar-refractivity contribution < 1.29 is 0 Å². The zero-order valence-electron chi connectivity index (χ0n) is 5.89. The standard InChI is InChI=1S/C8H10N2.CH4/c1-6-2-4-7(5-3-6)8(9)10;/h2-5H,1H3,(H3,9,10);1H4. The molecule has 0 radical (unpaired) electrons. The van der Waals surface area contributed by atoms with Gasteiger partial charge in [-0.25, -0.2) is 0 Å². The number of nitrogens with one attached hydrogen (secondary N) is 1. The third-order valence-corrected chi connectivity index (χ3v) is 1.36. The molecule has 2 heteroatoms. The van der Waals surface area contributed by atoms with Gasteiger partial charge in [0.15, 0.2) is 0 Å². The number of nitrogens with two attached hydrogens (primary N) is 1. The van der Waals surface area contributed by atoms with Crippen LogP contribution in [0, 0.1) is 12.3 Å². The van der Waals surface area contributed by atoms with Crippen LogP contribution in [-0.2, 0) is 0 Å². The number of rotatable bonds is 1. The first-order valence-electron chi connectivity index (χ1n) is 3.11. The van der Waals surface area contributed by atoms with Crippen LogP contribution >= 0.6 is 0 Å². The van der Waals surface area contributed by atoms with E-state index in [0.717, 1.165) is 5.56 Å². The van der Waals surface area contributed by atoms with Crippen molar-refractivity contribution in [3.63, 3.8) is 0 Å². The summed E-state index contributed by atoms with van der Waals surface area (Å²) < 4.78 is 0. The van der Waals surface area contributed by atoms with Crippen LogP contribution in [0.2, 0.25) is 0 Å². The smallest absolute Gasteiger partial charge is 0.122 e. The summed E-state index contributed by atoms with van der Waals surface area (Å²) in [6.45, 7) is 2.00. The Balaban J connectivity index is 0.000001000. The van der Waals surface area contributed by atoms with Gasteiger partial charge in [-0.2, -0.15) is 0 Å². The fourth-order valence-electron chi connectivity index (χ4n) is 0.733. The number of hydrogen-bond acceptors (Lipinski definition) is 1. The molecule has 0 atom stereocenters. The van der Waals surface area contributed by atoms with Crippen molar-refractivity contribution in [3.8, 4) is 0 Å². The van der Waals surface area contributed by atoms with Crippen molar-refractivity contribution in [1.82, 2.24) is 0 Å². The van der Waals surface area contributed by atoms with Crippen molar-refractivity contribution in [3.05, 3.63) is 35.4 Å². The van der Waals surface area contributed by atoms with E-state index in [1.165, 1.54) is 5.56 Å². The monoisotopic (exact) mass is 150 g/mol. The Bertz CT molecular complexity index is 236. The van der Waals surface area contributed by atoms with Gasteiger partial charge in [-0.15, -0.1) is 0 Å². The number of amidine groups is 1. The minimum Gasteiger partial charge on any atom is -0.384 e. The molecule has 2 nitrogen and oxygen atoms in total. The Kier molecular flexibility index (Phi) is 3.31. The van der Waals surface area contributed by atoms with Crippen LogP contribution in [0.1, 0.15) is 18.6 Å². The van der Waals surface area contributed by atoms with Crippen LogP contribution in [-0.4, -0.2) is 5.84 Å². The van der Waals surface area contributed by atoms with E-state index in [1.807, 2.05) is 31.2 Å². The molecule has 0 unspecified atom stereocenters. The summed E-state index contributed by atoms with van der Waals surface area (Å²) in [5.41, 5.74) is 7.22. The second kappa shape index (κ2) is 3.76. The van der Waals surface area contributed by atoms with E-state index in [2.05, 4.69) is 0 Å². The highest BCUT2D eigenvalue weighted by atomic mass is 14.7. The molecule has 0 fully saturated rings. The molecule has 0 aromatic heterocycles. The molecule has 0 heterocycles. The minimum absolute atomic E-state index is 0. The van der Waals surface area contributed by atoms with E-state index in [1.54, 1.807) is 0 Å². The van der Waals surface area contributed by atoms with Gasteiger partial charge >= 0.3 is 0 Å². The van der Waals surface area contributed by atoms with Gasteiger partial charge in [0, 0.05) is 5.56 Å². The molecule has 1 rings (SSSR count). The van der Waals surface area contributed by atoms with E-state index < -0.39 is 0 Å². The molecule has 0 bridgehead atoms. The van der Waals surface area contributed by atoms with E-state index in [4.69, 9.17) is 11.1 Å². The zero-order chi connectivity index (χ0) is 7.56. The molecule has 0 spiro atoms. The Hall–Kier alpha value is -1.31. The highest BCUT2D eigenvalue weighted by molar-refractivity contribution is 5.94.